The van der Waals surface area contributed by atoms with Crippen LogP contribution in [0, 0.1) is 11.8 Å². The van der Waals surface area contributed by atoms with E-state index in [0.29, 0.717) is 47.3 Å². The van der Waals surface area contributed by atoms with E-state index in [-0.39, 0.29) is 37.4 Å². The number of ether oxygens (including phenoxy) is 4. The molecule has 0 unspecified atom stereocenters. The van der Waals surface area contributed by atoms with E-state index in [9.17, 15) is 14.7 Å². The number of hydrogen-bond donors (Lipinski definition) is 3. The standard InChI is InChI=1S/C37H54N4O7/c1-25-20-41(26(2)23-42)36(43)31-18-29(38-37(44)39-30-14-16-33-34(19-30)47-24-46-33)13-15-32(31)48-27(3)10-8-9-17-45-35(25)22-40(4)21-28-11-6-5-7-12-28/h13-16,18-19,25-28,35,42H,5-12,17,20-24H2,1-4H3,(H2,38,39,44)/t25-,26+,27-,35+/m1/s1. The lowest BCUT2D eigenvalue weighted by Gasteiger charge is -2.36. The molecule has 3 amide bonds. The van der Waals surface area contributed by atoms with Crippen LogP contribution in [-0.4, -0.2) is 91.8 Å². The zero-order chi connectivity index (χ0) is 34.0. The normalized spacial score (nSPS) is 23.2. The van der Waals surface area contributed by atoms with Gasteiger partial charge in [0.25, 0.3) is 5.91 Å². The zero-order valence-electron chi connectivity index (χ0n) is 29.0. The summed E-state index contributed by atoms with van der Waals surface area (Å²) < 4.78 is 23.7. The second-order valence-electron chi connectivity index (χ2n) is 13.9. The molecule has 0 radical (unpaired) electrons. The second-order valence-corrected chi connectivity index (χ2v) is 13.9. The Morgan fingerprint density at radius 2 is 1.62 bits per heavy atom. The summed E-state index contributed by atoms with van der Waals surface area (Å²) in [6.45, 7) is 8.85. The molecule has 0 bridgehead atoms. The van der Waals surface area contributed by atoms with Crippen LogP contribution in [-0.2, 0) is 4.74 Å². The lowest BCUT2D eigenvalue weighted by Crippen LogP contribution is -2.47. The number of nitrogens with zero attached hydrogens (tertiary/aromatic N) is 2. The fraction of sp³-hybridized carbons (Fsp3) is 0.622. The number of rotatable bonds is 8. The Balaban J connectivity index is 1.35. The number of likely N-dealkylation sites (N-methyl/N-ethyl adjacent to an activating group) is 1. The van der Waals surface area contributed by atoms with E-state index in [1.807, 2.05) is 13.8 Å². The summed E-state index contributed by atoms with van der Waals surface area (Å²) in [5.41, 5.74) is 1.31. The van der Waals surface area contributed by atoms with Crippen molar-refractivity contribution in [3.05, 3.63) is 42.0 Å². The summed E-state index contributed by atoms with van der Waals surface area (Å²) in [4.78, 5) is 31.5. The van der Waals surface area contributed by atoms with Crippen LogP contribution in [0.2, 0.25) is 0 Å². The Bertz CT molecular complexity index is 1370. The minimum Gasteiger partial charge on any atom is -0.490 e. The highest BCUT2D eigenvalue weighted by Crippen LogP contribution is 2.34. The van der Waals surface area contributed by atoms with Gasteiger partial charge in [-0.15, -0.1) is 0 Å². The largest absolute Gasteiger partial charge is 0.490 e. The molecule has 264 valence electrons. The molecule has 1 fully saturated rings. The van der Waals surface area contributed by atoms with Crippen LogP contribution in [0.25, 0.3) is 0 Å². The highest BCUT2D eigenvalue weighted by Gasteiger charge is 2.31. The van der Waals surface area contributed by atoms with Gasteiger partial charge in [-0.2, -0.15) is 0 Å². The zero-order valence-corrected chi connectivity index (χ0v) is 29.0. The van der Waals surface area contributed by atoms with Crippen molar-refractivity contribution in [3.63, 3.8) is 0 Å². The summed E-state index contributed by atoms with van der Waals surface area (Å²) in [5, 5.41) is 15.9. The number of carbonyl (C=O) groups is 2. The first-order valence-corrected chi connectivity index (χ1v) is 17.7. The number of anilines is 2. The van der Waals surface area contributed by atoms with Crippen LogP contribution in [0.4, 0.5) is 16.2 Å². The van der Waals surface area contributed by atoms with E-state index < -0.39 is 12.1 Å². The summed E-state index contributed by atoms with van der Waals surface area (Å²) in [7, 11) is 2.18. The number of hydrogen-bond acceptors (Lipinski definition) is 8. The third-order valence-corrected chi connectivity index (χ3v) is 9.73. The topological polar surface area (TPSA) is 122 Å². The molecule has 5 rings (SSSR count). The third kappa shape index (κ3) is 9.76. The maximum absolute atomic E-state index is 14.4. The van der Waals surface area contributed by atoms with Crippen LogP contribution in [0.5, 0.6) is 17.2 Å². The van der Waals surface area contributed by atoms with Crippen molar-refractivity contribution < 1.29 is 33.6 Å². The Morgan fingerprint density at radius 1 is 0.938 bits per heavy atom. The minimum atomic E-state index is -0.469. The van der Waals surface area contributed by atoms with E-state index in [2.05, 4.69) is 29.5 Å². The van der Waals surface area contributed by atoms with Crippen molar-refractivity contribution >= 4 is 23.3 Å². The van der Waals surface area contributed by atoms with Crippen LogP contribution in [0.3, 0.4) is 0 Å². The van der Waals surface area contributed by atoms with E-state index in [0.717, 1.165) is 38.3 Å². The molecule has 1 saturated carbocycles. The molecule has 2 aromatic carbocycles. The number of nitrogens with one attached hydrogen (secondary N) is 2. The van der Waals surface area contributed by atoms with Gasteiger partial charge in [-0.25, -0.2) is 4.79 Å². The molecule has 2 aliphatic heterocycles. The van der Waals surface area contributed by atoms with Crippen LogP contribution in [0.1, 0.15) is 82.5 Å². The first-order valence-electron chi connectivity index (χ1n) is 17.7. The molecule has 0 spiro atoms. The molecule has 0 saturated heterocycles. The SMILES string of the molecule is C[C@@H]1CCCCO[C@@H](CN(C)CC2CCCCC2)[C@H](C)CN([C@@H](C)CO)C(=O)c2cc(NC(=O)Nc3ccc4c(c3)OCO4)ccc2O1. The number of aliphatic hydroxyl groups excluding tert-OH is 1. The molecular formula is C37H54N4O7. The molecule has 0 aromatic heterocycles. The van der Waals surface area contributed by atoms with E-state index in [1.165, 1.54) is 32.1 Å². The van der Waals surface area contributed by atoms with Crippen molar-refractivity contribution in [2.24, 2.45) is 11.8 Å². The average Bonchev–Trinajstić information content (AvgIpc) is 3.54. The molecule has 1 aliphatic carbocycles. The Hall–Kier alpha value is -3.54. The van der Waals surface area contributed by atoms with Gasteiger partial charge < -0.3 is 44.5 Å². The van der Waals surface area contributed by atoms with Crippen molar-refractivity contribution in [1.82, 2.24) is 9.80 Å². The quantitative estimate of drug-likeness (QED) is 0.297. The predicted molar refractivity (Wildman–Crippen MR) is 186 cm³/mol. The summed E-state index contributed by atoms with van der Waals surface area (Å²) in [5.74, 6) is 2.11. The highest BCUT2D eigenvalue weighted by atomic mass is 16.7. The fourth-order valence-electron chi connectivity index (χ4n) is 6.92. The molecule has 48 heavy (non-hydrogen) atoms. The lowest BCUT2D eigenvalue weighted by molar-refractivity contribution is -0.0190. The molecule has 3 aliphatic rings. The summed E-state index contributed by atoms with van der Waals surface area (Å²) in [6.07, 6.45) is 9.03. The smallest absolute Gasteiger partial charge is 0.323 e. The van der Waals surface area contributed by atoms with Gasteiger partial charge in [0, 0.05) is 49.6 Å². The Morgan fingerprint density at radius 3 is 2.38 bits per heavy atom. The first kappa shape index (κ1) is 35.8. The van der Waals surface area contributed by atoms with Gasteiger partial charge in [0.2, 0.25) is 6.79 Å². The maximum atomic E-state index is 14.4. The van der Waals surface area contributed by atoms with Gasteiger partial charge in [-0.05, 0) is 89.2 Å². The summed E-state index contributed by atoms with van der Waals surface area (Å²) in [6, 6.07) is 9.39. The monoisotopic (exact) mass is 666 g/mol. The lowest BCUT2D eigenvalue weighted by atomic mass is 9.89. The number of benzene rings is 2. The molecule has 3 N–H and O–H groups in total. The number of fused-ring (bicyclic) bond motifs is 2. The van der Waals surface area contributed by atoms with Crippen molar-refractivity contribution in [2.75, 3.05) is 57.3 Å². The number of aliphatic hydroxyl groups is 1. The number of urea groups is 1. The molecule has 2 aromatic rings. The van der Waals surface area contributed by atoms with Crippen molar-refractivity contribution in [2.45, 2.75) is 90.4 Å². The molecule has 4 atom stereocenters. The Labute approximate surface area is 285 Å². The minimum absolute atomic E-state index is 0.0109. The first-order chi connectivity index (χ1) is 23.2. The third-order valence-electron chi connectivity index (χ3n) is 9.73. The van der Waals surface area contributed by atoms with Crippen LogP contribution < -0.4 is 24.8 Å². The predicted octanol–water partition coefficient (Wildman–Crippen LogP) is 6.37. The average molecular weight is 667 g/mol. The second kappa shape index (κ2) is 17.2. The van der Waals surface area contributed by atoms with Crippen LogP contribution in [0.15, 0.2) is 36.4 Å². The van der Waals surface area contributed by atoms with Gasteiger partial charge >= 0.3 is 6.03 Å². The maximum Gasteiger partial charge on any atom is 0.323 e. The molecule has 2 heterocycles. The van der Waals surface area contributed by atoms with Crippen molar-refractivity contribution in [1.29, 1.82) is 0 Å². The summed E-state index contributed by atoms with van der Waals surface area (Å²) >= 11 is 0. The molecule has 11 heteroatoms. The highest BCUT2D eigenvalue weighted by molar-refractivity contribution is 6.02. The van der Waals surface area contributed by atoms with Gasteiger partial charge in [0.1, 0.15) is 5.75 Å². The van der Waals surface area contributed by atoms with E-state index in [4.69, 9.17) is 18.9 Å². The number of amides is 3. The van der Waals surface area contributed by atoms with E-state index >= 15 is 0 Å². The van der Waals surface area contributed by atoms with Crippen LogP contribution >= 0.6 is 0 Å². The molecule has 11 nitrogen and oxygen atoms in total. The van der Waals surface area contributed by atoms with E-state index in [1.54, 1.807) is 41.3 Å². The van der Waals surface area contributed by atoms with Gasteiger partial charge in [-0.3, -0.25) is 4.79 Å². The Kier molecular flexibility index (Phi) is 12.8. The number of carbonyl (C=O) groups excluding carboxylic acids is 2. The van der Waals surface area contributed by atoms with Crippen molar-refractivity contribution in [3.8, 4) is 17.2 Å². The van der Waals surface area contributed by atoms with Gasteiger partial charge in [0.05, 0.1) is 30.4 Å². The molecular weight excluding hydrogens is 612 g/mol. The van der Waals surface area contributed by atoms with Gasteiger partial charge in [0.15, 0.2) is 11.5 Å². The fourth-order valence-corrected chi connectivity index (χ4v) is 6.92. The van der Waals surface area contributed by atoms with Gasteiger partial charge in [-0.1, -0.05) is 26.2 Å².